The number of hydrogen-bond acceptors (Lipinski definition) is 7. The summed E-state index contributed by atoms with van der Waals surface area (Å²) in [6.45, 7) is 7.99. The summed E-state index contributed by atoms with van der Waals surface area (Å²) in [6.07, 6.45) is 3.24. The highest BCUT2D eigenvalue weighted by atomic mass is 35.5. The summed E-state index contributed by atoms with van der Waals surface area (Å²) in [5.41, 5.74) is -0.402. The molecule has 4 aliphatic rings. The highest BCUT2D eigenvalue weighted by molar-refractivity contribution is 6.38. The van der Waals surface area contributed by atoms with E-state index in [2.05, 4.69) is 26.7 Å². The van der Waals surface area contributed by atoms with Crippen LogP contribution in [0.1, 0.15) is 57.4 Å². The molecule has 2 aromatic rings. The molecule has 3 aliphatic heterocycles. The number of phenolic OH excluding ortho intramolecular Hbond substituents is 1. The van der Waals surface area contributed by atoms with Crippen LogP contribution in [0.15, 0.2) is 58.2 Å². The lowest BCUT2D eigenvalue weighted by Gasteiger charge is -2.32. The third-order valence-corrected chi connectivity index (χ3v) is 10.4. The predicted octanol–water partition coefficient (Wildman–Crippen LogP) is 6.20. The number of ether oxygens (including phenoxy) is 1. The molecular formula is C34H41ClF3N5O3. The van der Waals surface area contributed by atoms with Gasteiger partial charge >= 0.3 is 0 Å². The first-order chi connectivity index (χ1) is 22.0. The zero-order chi connectivity index (χ0) is 32.7. The number of nitrogens with zero attached hydrogens (tertiary/aromatic N) is 4. The Bertz CT molecular complexity index is 1620. The Morgan fingerprint density at radius 3 is 2.80 bits per heavy atom. The molecule has 2 bridgehead atoms. The van der Waals surface area contributed by atoms with E-state index in [0.717, 1.165) is 32.2 Å². The second kappa shape index (κ2) is 13.1. The molecule has 12 heteroatoms. The number of aliphatic hydroxyl groups excluding tert-OH is 1. The van der Waals surface area contributed by atoms with Crippen molar-refractivity contribution in [3.8, 4) is 5.75 Å². The Hall–Kier alpha value is -3.28. The quantitative estimate of drug-likeness (QED) is 0.231. The van der Waals surface area contributed by atoms with E-state index in [1.165, 1.54) is 31.3 Å². The van der Waals surface area contributed by atoms with Crippen LogP contribution in [0.25, 0.3) is 10.8 Å². The number of nitrogens with one attached hydrogen (secondary N) is 1. The zero-order valence-corrected chi connectivity index (χ0v) is 27.0. The minimum atomic E-state index is -0.942. The van der Waals surface area contributed by atoms with Crippen molar-refractivity contribution in [2.45, 2.75) is 75.7 Å². The van der Waals surface area contributed by atoms with Gasteiger partial charge in [0, 0.05) is 43.5 Å². The number of hydrogen-bond donors (Lipinski definition) is 3. The third-order valence-electron chi connectivity index (χ3n) is 10.0. The van der Waals surface area contributed by atoms with Crippen molar-refractivity contribution in [2.24, 2.45) is 15.9 Å². The SMILES string of the molecule is C=C(N=C(NC(CC)=C(F)C(=NC)c1cc(O)cc2ccc(F)c(Cl)c12)OC[C@@]12CCCN1C[C@H](F)C2)N1CC2CC(O)CC1C2. The van der Waals surface area contributed by atoms with E-state index < -0.39 is 23.4 Å². The number of phenols is 1. The predicted molar refractivity (Wildman–Crippen MR) is 174 cm³/mol. The number of aromatic hydroxyl groups is 1. The van der Waals surface area contributed by atoms with Crippen LogP contribution < -0.4 is 5.32 Å². The second-order valence-electron chi connectivity index (χ2n) is 13.0. The van der Waals surface area contributed by atoms with Crippen LogP contribution in [0.5, 0.6) is 5.75 Å². The number of fused-ring (bicyclic) bond motifs is 4. The summed E-state index contributed by atoms with van der Waals surface area (Å²) in [7, 11) is 1.40. The average molecular weight is 660 g/mol. The van der Waals surface area contributed by atoms with Crippen molar-refractivity contribution in [3.63, 3.8) is 0 Å². The number of likely N-dealkylation sites (tertiary alicyclic amines) is 1. The first kappa shape index (κ1) is 32.7. The highest BCUT2D eigenvalue weighted by Gasteiger charge is 2.49. The van der Waals surface area contributed by atoms with Crippen LogP contribution in [0.3, 0.4) is 0 Å². The molecule has 1 aliphatic carbocycles. The van der Waals surface area contributed by atoms with Crippen molar-refractivity contribution < 1.29 is 28.1 Å². The second-order valence-corrected chi connectivity index (χ2v) is 13.4. The van der Waals surface area contributed by atoms with Crippen LogP contribution in [0.4, 0.5) is 13.2 Å². The molecule has 4 fully saturated rings. The lowest BCUT2D eigenvalue weighted by molar-refractivity contribution is 0.101. The molecule has 1 saturated carbocycles. The number of alkyl halides is 1. The van der Waals surface area contributed by atoms with E-state index in [1.807, 2.05) is 0 Å². The van der Waals surface area contributed by atoms with Gasteiger partial charge in [-0.3, -0.25) is 9.89 Å². The van der Waals surface area contributed by atoms with Crippen molar-refractivity contribution in [1.29, 1.82) is 0 Å². The standard InChI is InChI=1S/C34H41ClF3N5O3/c1-4-28(31(38)32(39-3)26-14-25(45)12-21-6-7-27(37)30(35)29(21)26)41-33(46-18-34-8-5-9-42(34)17-22(36)15-34)40-19(2)43-16-20-10-23(43)13-24(44)11-20/h6-7,12,14,20,22-24,44-45H,2,4-5,8-11,13,15-18H2,1,3H3,(H,40,41)/t20?,22-,23?,24?,34+/m1/s1. The van der Waals surface area contributed by atoms with Crippen LogP contribution in [-0.2, 0) is 4.74 Å². The number of amidine groups is 1. The van der Waals surface area contributed by atoms with Gasteiger partial charge in [-0.05, 0) is 74.6 Å². The maximum absolute atomic E-state index is 16.6. The highest BCUT2D eigenvalue weighted by Crippen LogP contribution is 2.41. The van der Waals surface area contributed by atoms with E-state index in [9.17, 15) is 19.0 Å². The summed E-state index contributed by atoms with van der Waals surface area (Å²) in [5.74, 6) is -0.829. The summed E-state index contributed by atoms with van der Waals surface area (Å²) in [5, 5.41) is 24.2. The molecule has 3 unspecified atom stereocenters. The van der Waals surface area contributed by atoms with Gasteiger partial charge in [0.1, 0.15) is 35.9 Å². The van der Waals surface area contributed by atoms with Gasteiger partial charge in [-0.15, -0.1) is 0 Å². The fraction of sp³-hybridized carbons (Fsp3) is 0.529. The Labute approximate surface area is 272 Å². The van der Waals surface area contributed by atoms with E-state index in [4.69, 9.17) is 21.3 Å². The van der Waals surface area contributed by atoms with Gasteiger partial charge in [-0.2, -0.15) is 4.99 Å². The van der Waals surface area contributed by atoms with Crippen molar-refractivity contribution in [1.82, 2.24) is 15.1 Å². The average Bonchev–Trinajstić information content (AvgIpc) is 3.64. The van der Waals surface area contributed by atoms with E-state index in [-0.39, 0.29) is 64.3 Å². The monoisotopic (exact) mass is 659 g/mol. The molecule has 46 heavy (non-hydrogen) atoms. The van der Waals surface area contributed by atoms with Crippen LogP contribution in [0, 0.1) is 11.7 Å². The largest absolute Gasteiger partial charge is 0.508 e. The molecule has 3 heterocycles. The van der Waals surface area contributed by atoms with Crippen LogP contribution in [-0.4, -0.2) is 88.9 Å². The van der Waals surface area contributed by atoms with Gasteiger partial charge in [0.2, 0.25) is 0 Å². The summed E-state index contributed by atoms with van der Waals surface area (Å²) in [4.78, 5) is 13.1. The third kappa shape index (κ3) is 6.21. The van der Waals surface area contributed by atoms with Gasteiger partial charge in [0.25, 0.3) is 6.02 Å². The first-order valence-electron chi connectivity index (χ1n) is 16.0. The number of allylic oxidation sites excluding steroid dienone is 2. The van der Waals surface area contributed by atoms with Gasteiger partial charge in [-0.1, -0.05) is 31.2 Å². The normalized spacial score (nSPS) is 28.9. The van der Waals surface area contributed by atoms with Crippen LogP contribution in [0.2, 0.25) is 5.02 Å². The Morgan fingerprint density at radius 2 is 2.04 bits per heavy atom. The molecule has 0 radical (unpaired) electrons. The summed E-state index contributed by atoms with van der Waals surface area (Å²) in [6, 6.07) is 5.48. The Balaban J connectivity index is 1.34. The zero-order valence-electron chi connectivity index (χ0n) is 26.2. The topological polar surface area (TPSA) is 92.9 Å². The van der Waals surface area contributed by atoms with Crippen LogP contribution >= 0.6 is 11.6 Å². The molecular weight excluding hydrogens is 619 g/mol. The minimum absolute atomic E-state index is 0.0165. The van der Waals surface area contributed by atoms with E-state index >= 15 is 4.39 Å². The number of halogens is 4. The molecule has 6 rings (SSSR count). The van der Waals surface area contributed by atoms with Gasteiger partial charge < -0.3 is 25.2 Å². The molecule has 0 aromatic heterocycles. The Morgan fingerprint density at radius 1 is 1.24 bits per heavy atom. The molecule has 8 nitrogen and oxygen atoms in total. The fourth-order valence-electron chi connectivity index (χ4n) is 7.92. The van der Waals surface area contributed by atoms with Gasteiger partial charge in [-0.25, -0.2) is 13.2 Å². The maximum atomic E-state index is 16.6. The molecule has 3 saturated heterocycles. The number of aliphatic hydroxyl groups is 1. The molecule has 3 N–H and O–H groups in total. The van der Waals surface area contributed by atoms with Crippen molar-refractivity contribution in [3.05, 3.63) is 64.6 Å². The number of aliphatic imine (C=N–C) groups is 2. The summed E-state index contributed by atoms with van der Waals surface area (Å²) >= 11 is 6.35. The number of rotatable bonds is 8. The summed E-state index contributed by atoms with van der Waals surface area (Å²) < 4.78 is 52.0. The molecule has 2 aromatic carbocycles. The van der Waals surface area contributed by atoms with Gasteiger partial charge in [0.15, 0.2) is 5.83 Å². The van der Waals surface area contributed by atoms with E-state index in [0.29, 0.717) is 43.1 Å². The molecule has 0 spiro atoms. The lowest BCUT2D eigenvalue weighted by atomic mass is 9.88. The fourth-order valence-corrected chi connectivity index (χ4v) is 8.20. The Kier molecular flexibility index (Phi) is 9.29. The minimum Gasteiger partial charge on any atom is -0.508 e. The number of benzene rings is 2. The van der Waals surface area contributed by atoms with Crippen molar-refractivity contribution >= 4 is 34.1 Å². The maximum Gasteiger partial charge on any atom is 0.295 e. The van der Waals surface area contributed by atoms with E-state index in [1.54, 1.807) is 6.92 Å². The molecule has 5 atom stereocenters. The first-order valence-corrected chi connectivity index (χ1v) is 16.4. The van der Waals surface area contributed by atoms with Gasteiger partial charge in [0.05, 0.1) is 22.4 Å². The smallest absolute Gasteiger partial charge is 0.295 e. The lowest BCUT2D eigenvalue weighted by Crippen LogP contribution is -2.44. The molecule has 0 amide bonds. The molecule has 248 valence electrons. The van der Waals surface area contributed by atoms with Crippen molar-refractivity contribution in [2.75, 3.05) is 33.3 Å².